The number of aromatic nitrogens is 4. The zero-order chi connectivity index (χ0) is 34.4. The Hall–Kier alpha value is -7.04. The standard InChI is InChI=1S/C48H30N4/c1-3-12-32(13-4-1)45-41-30-37(25-28-44(41)51-48(52-45)35-14-5-2-6-15-35)36-17-9-18-38(29-36)42-26-23-33-21-22-34-24-27-43(50-47(34)46(33)49-42)40-20-10-16-31-11-7-8-19-39(31)40/h1-30H. The Balaban J connectivity index is 1.08. The molecule has 10 aromatic rings. The number of hydrogen-bond acceptors (Lipinski definition) is 4. The molecule has 0 fully saturated rings. The van der Waals surface area contributed by atoms with Crippen molar-refractivity contribution in [1.82, 2.24) is 19.9 Å². The van der Waals surface area contributed by atoms with Crippen LogP contribution in [-0.2, 0) is 0 Å². The summed E-state index contributed by atoms with van der Waals surface area (Å²) in [4.78, 5) is 20.6. The molecule has 0 N–H and O–H groups in total. The summed E-state index contributed by atoms with van der Waals surface area (Å²) < 4.78 is 0. The fraction of sp³-hybridized carbons (Fsp3) is 0. The maximum atomic E-state index is 5.27. The largest absolute Gasteiger partial charge is 0.245 e. The van der Waals surface area contributed by atoms with E-state index in [1.165, 1.54) is 10.8 Å². The topological polar surface area (TPSA) is 51.6 Å². The van der Waals surface area contributed by atoms with E-state index in [1.54, 1.807) is 0 Å². The molecular formula is C48H30N4. The zero-order valence-corrected chi connectivity index (χ0v) is 28.1. The molecule has 0 amide bonds. The van der Waals surface area contributed by atoms with Crippen molar-refractivity contribution < 1.29 is 0 Å². The first-order valence-corrected chi connectivity index (χ1v) is 17.5. The molecule has 4 heteroatoms. The van der Waals surface area contributed by atoms with Crippen molar-refractivity contribution >= 4 is 43.5 Å². The molecule has 3 heterocycles. The van der Waals surface area contributed by atoms with E-state index < -0.39 is 0 Å². The van der Waals surface area contributed by atoms with Gasteiger partial charge < -0.3 is 0 Å². The van der Waals surface area contributed by atoms with Gasteiger partial charge in [0, 0.05) is 38.4 Å². The highest BCUT2D eigenvalue weighted by molar-refractivity contribution is 6.05. The molecule has 0 radical (unpaired) electrons. The molecule has 0 saturated carbocycles. The SMILES string of the molecule is c1ccc(-c2nc(-c3ccccc3)c3cc(-c4cccc(-c5ccc6ccc7ccc(-c8cccc9ccccc89)nc7c6n5)c4)ccc3n2)cc1. The molecular weight excluding hydrogens is 633 g/mol. The molecule has 0 saturated heterocycles. The third-order valence-corrected chi connectivity index (χ3v) is 9.85. The van der Waals surface area contributed by atoms with Crippen molar-refractivity contribution in [3.63, 3.8) is 0 Å². The third-order valence-electron chi connectivity index (χ3n) is 9.85. The minimum absolute atomic E-state index is 0.718. The van der Waals surface area contributed by atoms with Gasteiger partial charge in [0.25, 0.3) is 0 Å². The predicted octanol–water partition coefficient (Wildman–Crippen LogP) is 12.2. The fourth-order valence-corrected chi connectivity index (χ4v) is 7.23. The molecule has 10 rings (SSSR count). The van der Waals surface area contributed by atoms with E-state index in [0.717, 1.165) is 89.0 Å². The first-order chi connectivity index (χ1) is 25.7. The van der Waals surface area contributed by atoms with Crippen molar-refractivity contribution in [2.24, 2.45) is 0 Å². The summed E-state index contributed by atoms with van der Waals surface area (Å²) in [6, 6.07) is 63.3. The maximum absolute atomic E-state index is 5.27. The lowest BCUT2D eigenvalue weighted by atomic mass is 9.97. The number of benzene rings is 7. The van der Waals surface area contributed by atoms with Crippen LogP contribution in [0.2, 0.25) is 0 Å². The molecule has 3 aromatic heterocycles. The van der Waals surface area contributed by atoms with Crippen molar-refractivity contribution in [3.8, 4) is 56.3 Å². The van der Waals surface area contributed by atoms with E-state index in [4.69, 9.17) is 19.9 Å². The summed E-state index contributed by atoms with van der Waals surface area (Å²) in [6.07, 6.45) is 0. The van der Waals surface area contributed by atoms with Crippen LogP contribution in [0.3, 0.4) is 0 Å². The van der Waals surface area contributed by atoms with Gasteiger partial charge in [-0.2, -0.15) is 0 Å². The lowest BCUT2D eigenvalue weighted by Crippen LogP contribution is -1.95. The summed E-state index contributed by atoms with van der Waals surface area (Å²) in [5, 5.41) is 5.53. The van der Waals surface area contributed by atoms with E-state index >= 15 is 0 Å². The number of hydrogen-bond donors (Lipinski definition) is 0. The second-order valence-electron chi connectivity index (χ2n) is 13.1. The molecule has 0 bridgehead atoms. The molecule has 0 atom stereocenters. The van der Waals surface area contributed by atoms with Gasteiger partial charge in [0.1, 0.15) is 0 Å². The molecule has 0 unspecified atom stereocenters. The molecule has 7 aromatic carbocycles. The van der Waals surface area contributed by atoms with Crippen LogP contribution >= 0.6 is 0 Å². The lowest BCUT2D eigenvalue weighted by molar-refractivity contribution is 1.23. The fourth-order valence-electron chi connectivity index (χ4n) is 7.23. The monoisotopic (exact) mass is 662 g/mol. The molecule has 0 aliphatic rings. The Morgan fingerprint density at radius 1 is 0.308 bits per heavy atom. The Morgan fingerprint density at radius 3 is 1.71 bits per heavy atom. The average Bonchev–Trinajstić information content (AvgIpc) is 3.23. The number of nitrogens with zero attached hydrogens (tertiary/aromatic N) is 4. The number of rotatable bonds is 5. The van der Waals surface area contributed by atoms with E-state index in [9.17, 15) is 0 Å². The van der Waals surface area contributed by atoms with Gasteiger partial charge in [-0.1, -0.05) is 152 Å². The van der Waals surface area contributed by atoms with Gasteiger partial charge in [-0.05, 0) is 52.2 Å². The van der Waals surface area contributed by atoms with E-state index in [-0.39, 0.29) is 0 Å². The van der Waals surface area contributed by atoms with Gasteiger partial charge in [-0.25, -0.2) is 19.9 Å². The Bertz CT molecular complexity index is 2950. The van der Waals surface area contributed by atoms with Gasteiger partial charge >= 0.3 is 0 Å². The minimum atomic E-state index is 0.718. The van der Waals surface area contributed by atoms with Gasteiger partial charge in [0.15, 0.2) is 5.82 Å². The molecule has 52 heavy (non-hydrogen) atoms. The lowest BCUT2D eigenvalue weighted by Gasteiger charge is -2.12. The maximum Gasteiger partial charge on any atom is 0.160 e. The summed E-state index contributed by atoms with van der Waals surface area (Å²) >= 11 is 0. The van der Waals surface area contributed by atoms with Gasteiger partial charge in [0.05, 0.1) is 33.6 Å². The summed E-state index contributed by atoms with van der Waals surface area (Å²) in [7, 11) is 0. The van der Waals surface area contributed by atoms with E-state index in [2.05, 4.69) is 158 Å². The second kappa shape index (κ2) is 12.4. The third kappa shape index (κ3) is 5.26. The zero-order valence-electron chi connectivity index (χ0n) is 28.1. The molecule has 242 valence electrons. The van der Waals surface area contributed by atoms with Crippen LogP contribution in [0, 0.1) is 0 Å². The highest BCUT2D eigenvalue weighted by Crippen LogP contribution is 2.35. The van der Waals surface area contributed by atoms with Crippen molar-refractivity contribution in [2.45, 2.75) is 0 Å². The van der Waals surface area contributed by atoms with Gasteiger partial charge in [-0.3, -0.25) is 0 Å². The van der Waals surface area contributed by atoms with Crippen LogP contribution < -0.4 is 0 Å². The highest BCUT2D eigenvalue weighted by Gasteiger charge is 2.14. The molecule has 0 aliphatic heterocycles. The Labute approximate surface area is 300 Å². The minimum Gasteiger partial charge on any atom is -0.245 e. The number of pyridine rings is 2. The summed E-state index contributed by atoms with van der Waals surface area (Å²) in [5.74, 6) is 0.718. The van der Waals surface area contributed by atoms with E-state index in [0.29, 0.717) is 0 Å². The van der Waals surface area contributed by atoms with Gasteiger partial charge in [-0.15, -0.1) is 0 Å². The highest BCUT2D eigenvalue weighted by atomic mass is 14.9. The first-order valence-electron chi connectivity index (χ1n) is 17.5. The van der Waals surface area contributed by atoms with Crippen molar-refractivity contribution in [2.75, 3.05) is 0 Å². The first kappa shape index (κ1) is 29.8. The average molecular weight is 663 g/mol. The smallest absolute Gasteiger partial charge is 0.160 e. The molecule has 4 nitrogen and oxygen atoms in total. The Kier molecular flexibility index (Phi) is 7.10. The quantitative estimate of drug-likeness (QED) is 0.172. The van der Waals surface area contributed by atoms with Crippen LogP contribution in [0.15, 0.2) is 182 Å². The van der Waals surface area contributed by atoms with Crippen LogP contribution in [0.5, 0.6) is 0 Å². The normalized spacial score (nSPS) is 11.5. The number of fused-ring (bicyclic) bond motifs is 5. The van der Waals surface area contributed by atoms with E-state index in [1.807, 2.05) is 24.3 Å². The second-order valence-corrected chi connectivity index (χ2v) is 13.1. The van der Waals surface area contributed by atoms with Gasteiger partial charge in [0.2, 0.25) is 0 Å². The molecule has 0 aliphatic carbocycles. The predicted molar refractivity (Wildman–Crippen MR) is 215 cm³/mol. The summed E-state index contributed by atoms with van der Waals surface area (Å²) in [6.45, 7) is 0. The van der Waals surface area contributed by atoms with Crippen LogP contribution in [0.25, 0.3) is 99.8 Å². The van der Waals surface area contributed by atoms with Crippen LogP contribution in [0.4, 0.5) is 0 Å². The summed E-state index contributed by atoms with van der Waals surface area (Å²) in [5.41, 5.74) is 11.9. The van der Waals surface area contributed by atoms with Crippen LogP contribution in [0.1, 0.15) is 0 Å². The van der Waals surface area contributed by atoms with Crippen molar-refractivity contribution in [3.05, 3.63) is 182 Å². The van der Waals surface area contributed by atoms with Crippen LogP contribution in [-0.4, -0.2) is 19.9 Å². The Morgan fingerprint density at radius 2 is 0.904 bits per heavy atom. The van der Waals surface area contributed by atoms with Crippen molar-refractivity contribution in [1.29, 1.82) is 0 Å². The molecule has 0 spiro atoms.